The van der Waals surface area contributed by atoms with E-state index in [-0.39, 0.29) is 0 Å². The van der Waals surface area contributed by atoms with Crippen LogP contribution in [0.2, 0.25) is 0 Å². The lowest BCUT2D eigenvalue weighted by molar-refractivity contribution is -0.0837. The molecule has 0 bridgehead atoms. The lowest BCUT2D eigenvalue weighted by Crippen LogP contribution is -2.04. The van der Waals surface area contributed by atoms with Crippen molar-refractivity contribution in [3.63, 3.8) is 0 Å². The first kappa shape index (κ1) is 12.4. The number of oxime groups is 1. The Hall–Kier alpha value is -1.62. The lowest BCUT2D eigenvalue weighted by Gasteiger charge is -2.05. The molecule has 0 saturated carbocycles. The first-order valence-corrected chi connectivity index (χ1v) is 5.11. The second-order valence-electron chi connectivity index (χ2n) is 3.20. The molecule has 0 fully saturated rings. The minimum absolute atomic E-state index is 0.579. The third-order valence-corrected chi connectivity index (χ3v) is 1.79. The van der Waals surface area contributed by atoms with Crippen LogP contribution in [0.1, 0.15) is 26.3 Å². The summed E-state index contributed by atoms with van der Waals surface area (Å²) >= 11 is 0. The topological polar surface area (TPSA) is 63.9 Å². The molecule has 88 valence electrons. The van der Waals surface area contributed by atoms with Crippen molar-refractivity contribution in [1.29, 1.82) is 0 Å². The van der Waals surface area contributed by atoms with Gasteiger partial charge in [0.05, 0.1) is 12.3 Å². The Labute approximate surface area is 94.7 Å². The highest BCUT2D eigenvalue weighted by atomic mass is 16.7. The van der Waals surface area contributed by atoms with E-state index < -0.39 is 6.29 Å². The fourth-order valence-electron chi connectivity index (χ4n) is 1.04. The molecular formula is C11H16N2O3. The molecule has 1 N–H and O–H groups in total. The van der Waals surface area contributed by atoms with Gasteiger partial charge in [0.1, 0.15) is 0 Å². The highest BCUT2D eigenvalue weighted by molar-refractivity contribution is 5.98. The number of rotatable bonds is 5. The van der Waals surface area contributed by atoms with Crippen LogP contribution in [0.4, 0.5) is 0 Å². The molecule has 0 aliphatic carbocycles. The fourth-order valence-corrected chi connectivity index (χ4v) is 1.04. The average molecular weight is 224 g/mol. The SMILES string of the molecule is CCOc1ccc(C(C)=NOC(C)O)cn1. The summed E-state index contributed by atoms with van der Waals surface area (Å²) in [5.74, 6) is 0.579. The van der Waals surface area contributed by atoms with Crippen molar-refractivity contribution >= 4 is 5.71 Å². The number of ether oxygens (including phenoxy) is 1. The molecule has 0 amide bonds. The lowest BCUT2D eigenvalue weighted by atomic mass is 10.2. The predicted molar refractivity (Wildman–Crippen MR) is 60.4 cm³/mol. The minimum atomic E-state index is -0.911. The van der Waals surface area contributed by atoms with Gasteiger partial charge in [-0.2, -0.15) is 0 Å². The molecule has 1 atom stereocenters. The molecule has 5 nitrogen and oxygen atoms in total. The molecule has 1 unspecified atom stereocenters. The zero-order valence-electron chi connectivity index (χ0n) is 9.67. The maximum absolute atomic E-state index is 8.90. The van der Waals surface area contributed by atoms with Gasteiger partial charge in [0.2, 0.25) is 12.2 Å². The van der Waals surface area contributed by atoms with Crippen molar-refractivity contribution in [3.8, 4) is 5.88 Å². The van der Waals surface area contributed by atoms with Gasteiger partial charge in [-0.05, 0) is 19.9 Å². The van der Waals surface area contributed by atoms with Gasteiger partial charge in [-0.25, -0.2) is 4.98 Å². The Morgan fingerprint density at radius 2 is 2.31 bits per heavy atom. The van der Waals surface area contributed by atoms with E-state index in [1.165, 1.54) is 6.92 Å². The molecule has 5 heteroatoms. The Morgan fingerprint density at radius 3 is 2.81 bits per heavy atom. The van der Waals surface area contributed by atoms with E-state index >= 15 is 0 Å². The molecule has 1 heterocycles. The molecule has 0 radical (unpaired) electrons. The third-order valence-electron chi connectivity index (χ3n) is 1.79. The maximum Gasteiger partial charge on any atom is 0.221 e. The van der Waals surface area contributed by atoms with Crippen LogP contribution in [-0.2, 0) is 4.84 Å². The van der Waals surface area contributed by atoms with Crippen LogP contribution in [-0.4, -0.2) is 28.7 Å². The second kappa shape index (κ2) is 6.07. The molecular weight excluding hydrogens is 208 g/mol. The summed E-state index contributed by atoms with van der Waals surface area (Å²) in [5, 5.41) is 12.7. The summed E-state index contributed by atoms with van der Waals surface area (Å²) in [7, 11) is 0. The average Bonchev–Trinajstić information content (AvgIpc) is 2.27. The van der Waals surface area contributed by atoms with E-state index in [1.54, 1.807) is 19.2 Å². The van der Waals surface area contributed by atoms with Crippen LogP contribution in [0.15, 0.2) is 23.5 Å². The van der Waals surface area contributed by atoms with Gasteiger partial charge >= 0.3 is 0 Å². The standard InChI is InChI=1S/C11H16N2O3/c1-4-15-11-6-5-10(7-12-11)8(2)13-16-9(3)14/h5-7,9,14H,4H2,1-3H3. The highest BCUT2D eigenvalue weighted by Crippen LogP contribution is 2.08. The van der Waals surface area contributed by atoms with E-state index in [0.717, 1.165) is 5.56 Å². The van der Waals surface area contributed by atoms with Crippen molar-refractivity contribution < 1.29 is 14.7 Å². The normalized spacial score (nSPS) is 13.4. The zero-order chi connectivity index (χ0) is 12.0. The third kappa shape index (κ3) is 3.86. The van der Waals surface area contributed by atoms with Crippen molar-refractivity contribution in [2.24, 2.45) is 5.16 Å². The molecule has 1 aromatic heterocycles. The van der Waals surface area contributed by atoms with E-state index in [1.807, 2.05) is 13.0 Å². The minimum Gasteiger partial charge on any atom is -0.478 e. The summed E-state index contributed by atoms with van der Waals surface area (Å²) in [6, 6.07) is 3.60. The Balaban J connectivity index is 2.69. The quantitative estimate of drug-likeness (QED) is 0.468. The number of nitrogens with zero attached hydrogens (tertiary/aromatic N) is 2. The fraction of sp³-hybridized carbons (Fsp3) is 0.455. The van der Waals surface area contributed by atoms with Gasteiger partial charge in [0.15, 0.2) is 0 Å². The van der Waals surface area contributed by atoms with Crippen LogP contribution in [0, 0.1) is 0 Å². The summed E-state index contributed by atoms with van der Waals surface area (Å²) in [6.45, 7) is 5.76. The van der Waals surface area contributed by atoms with E-state index in [4.69, 9.17) is 14.7 Å². The van der Waals surface area contributed by atoms with Crippen LogP contribution < -0.4 is 4.74 Å². The van der Waals surface area contributed by atoms with E-state index in [9.17, 15) is 0 Å². The number of aromatic nitrogens is 1. The number of hydrogen-bond acceptors (Lipinski definition) is 5. The smallest absolute Gasteiger partial charge is 0.221 e. The molecule has 1 rings (SSSR count). The van der Waals surface area contributed by atoms with Crippen LogP contribution >= 0.6 is 0 Å². The summed E-state index contributed by atoms with van der Waals surface area (Å²) in [4.78, 5) is 8.82. The number of aliphatic hydroxyl groups excluding tert-OH is 1. The van der Waals surface area contributed by atoms with E-state index in [2.05, 4.69) is 10.1 Å². The van der Waals surface area contributed by atoms with Crippen molar-refractivity contribution in [2.45, 2.75) is 27.1 Å². The Morgan fingerprint density at radius 1 is 1.56 bits per heavy atom. The summed E-state index contributed by atoms with van der Waals surface area (Å²) in [6.07, 6.45) is 0.737. The van der Waals surface area contributed by atoms with Gasteiger partial charge in [-0.3, -0.25) is 0 Å². The van der Waals surface area contributed by atoms with Crippen molar-refractivity contribution in [3.05, 3.63) is 23.9 Å². The van der Waals surface area contributed by atoms with Crippen molar-refractivity contribution in [2.75, 3.05) is 6.61 Å². The Bertz CT molecular complexity index is 347. The first-order valence-electron chi connectivity index (χ1n) is 5.11. The van der Waals surface area contributed by atoms with Gasteiger partial charge in [0, 0.05) is 24.8 Å². The van der Waals surface area contributed by atoms with Crippen LogP contribution in [0.25, 0.3) is 0 Å². The van der Waals surface area contributed by atoms with Gasteiger partial charge in [0.25, 0.3) is 0 Å². The predicted octanol–water partition coefficient (Wildman–Crippen LogP) is 1.56. The van der Waals surface area contributed by atoms with Crippen LogP contribution in [0.5, 0.6) is 5.88 Å². The monoisotopic (exact) mass is 224 g/mol. The number of hydrogen-bond donors (Lipinski definition) is 1. The van der Waals surface area contributed by atoms with Gasteiger partial charge in [-0.1, -0.05) is 5.16 Å². The molecule has 0 aromatic carbocycles. The maximum atomic E-state index is 8.90. The highest BCUT2D eigenvalue weighted by Gasteiger charge is 2.01. The molecule has 16 heavy (non-hydrogen) atoms. The molecule has 0 saturated heterocycles. The summed E-state index contributed by atoms with van der Waals surface area (Å²) in [5.41, 5.74) is 1.47. The molecule has 0 aliphatic rings. The number of aliphatic hydroxyl groups is 1. The number of pyridine rings is 1. The van der Waals surface area contributed by atoms with Crippen LogP contribution in [0.3, 0.4) is 0 Å². The van der Waals surface area contributed by atoms with Gasteiger partial charge < -0.3 is 14.7 Å². The zero-order valence-corrected chi connectivity index (χ0v) is 9.67. The van der Waals surface area contributed by atoms with Gasteiger partial charge in [-0.15, -0.1) is 0 Å². The Kier molecular flexibility index (Phi) is 4.72. The summed E-state index contributed by atoms with van der Waals surface area (Å²) < 4.78 is 5.22. The molecule has 0 aliphatic heterocycles. The molecule has 1 aromatic rings. The molecule has 0 spiro atoms. The van der Waals surface area contributed by atoms with E-state index in [0.29, 0.717) is 18.2 Å². The first-order chi connectivity index (χ1) is 7.63. The van der Waals surface area contributed by atoms with Crippen molar-refractivity contribution in [1.82, 2.24) is 4.98 Å². The second-order valence-corrected chi connectivity index (χ2v) is 3.20. The largest absolute Gasteiger partial charge is 0.478 e.